The van der Waals surface area contributed by atoms with E-state index in [0.29, 0.717) is 17.7 Å². The van der Waals surface area contributed by atoms with Gasteiger partial charge in [0, 0.05) is 18.5 Å². The Bertz CT molecular complexity index is 1180. The Labute approximate surface area is 181 Å². The Hall–Kier alpha value is -3.12. The van der Waals surface area contributed by atoms with Crippen molar-refractivity contribution in [3.8, 4) is 11.5 Å². The molecule has 0 fully saturated rings. The lowest BCUT2D eigenvalue weighted by molar-refractivity contribution is 0.269. The smallest absolute Gasteiger partial charge is 0.340 e. The van der Waals surface area contributed by atoms with Crippen molar-refractivity contribution in [2.45, 2.75) is 23.1 Å². The molecule has 31 heavy (non-hydrogen) atoms. The van der Waals surface area contributed by atoms with Gasteiger partial charge in [-0.25, -0.2) is 13.4 Å². The molecule has 0 aliphatic rings. The number of hydrogen-bond donors (Lipinski definition) is 2. The van der Waals surface area contributed by atoms with Gasteiger partial charge < -0.3 is 14.7 Å². The first-order valence-electron chi connectivity index (χ1n) is 9.07. The molecule has 0 unspecified atom stereocenters. The van der Waals surface area contributed by atoms with E-state index in [1.807, 2.05) is 0 Å². The molecule has 0 bridgehead atoms. The Morgan fingerprint density at radius 1 is 1.10 bits per heavy atom. The molecular weight excluding hydrogens is 444 g/mol. The van der Waals surface area contributed by atoms with Crippen LogP contribution in [0.15, 0.2) is 57.4 Å². The standard InChI is InChI=1S/C19H24N4O6S2/c1-4-14-15(28-13-12-23(22-2)19(20)21)8-7-9-16(14)29-31(26,27)18-11-6-5-10-17(18)30(3,24)25/h5-11H,2,4,12-13H2,1,3H3,(H3,20,21). The molecule has 0 aromatic heterocycles. The Morgan fingerprint density at radius 3 is 2.26 bits per heavy atom. The van der Waals surface area contributed by atoms with E-state index in [4.69, 9.17) is 20.1 Å². The number of benzene rings is 2. The molecule has 3 N–H and O–H groups in total. The van der Waals surface area contributed by atoms with E-state index in [1.54, 1.807) is 19.1 Å². The zero-order valence-corrected chi connectivity index (χ0v) is 18.7. The predicted octanol–water partition coefficient (Wildman–Crippen LogP) is 1.61. The first kappa shape index (κ1) is 24.2. The van der Waals surface area contributed by atoms with Gasteiger partial charge in [0.2, 0.25) is 5.96 Å². The summed E-state index contributed by atoms with van der Waals surface area (Å²) in [5.74, 6) is 0.106. The fourth-order valence-corrected chi connectivity index (χ4v) is 5.30. The number of sulfone groups is 1. The summed E-state index contributed by atoms with van der Waals surface area (Å²) >= 11 is 0. The van der Waals surface area contributed by atoms with E-state index in [9.17, 15) is 16.8 Å². The Balaban J connectivity index is 2.33. The summed E-state index contributed by atoms with van der Waals surface area (Å²) in [7, 11) is -8.23. The predicted molar refractivity (Wildman–Crippen MR) is 117 cm³/mol. The number of nitrogens with two attached hydrogens (primary N) is 1. The lowest BCUT2D eigenvalue weighted by atomic mass is 10.1. The number of hydrazone groups is 1. The van der Waals surface area contributed by atoms with Crippen molar-refractivity contribution in [1.82, 2.24) is 5.01 Å². The van der Waals surface area contributed by atoms with Crippen molar-refractivity contribution in [3.05, 3.63) is 48.0 Å². The molecule has 0 saturated heterocycles. The molecule has 2 aromatic carbocycles. The average molecular weight is 469 g/mol. The molecular formula is C19H24N4O6S2. The van der Waals surface area contributed by atoms with E-state index in [1.165, 1.54) is 30.3 Å². The molecule has 0 heterocycles. The number of guanidine groups is 1. The van der Waals surface area contributed by atoms with Gasteiger partial charge in [0.25, 0.3) is 0 Å². The highest BCUT2D eigenvalue weighted by Gasteiger charge is 2.26. The fourth-order valence-electron chi connectivity index (χ4n) is 2.74. The van der Waals surface area contributed by atoms with Gasteiger partial charge >= 0.3 is 10.1 Å². The third kappa shape index (κ3) is 5.95. The summed E-state index contributed by atoms with van der Waals surface area (Å²) < 4.78 is 60.7. The van der Waals surface area contributed by atoms with E-state index in [2.05, 4.69) is 11.8 Å². The first-order chi connectivity index (χ1) is 14.5. The van der Waals surface area contributed by atoms with Crippen molar-refractivity contribution < 1.29 is 25.8 Å². The highest BCUT2D eigenvalue weighted by molar-refractivity contribution is 7.92. The van der Waals surface area contributed by atoms with Crippen molar-refractivity contribution in [2.75, 3.05) is 19.4 Å². The molecule has 2 rings (SSSR count). The number of nitrogens with zero attached hydrogens (tertiary/aromatic N) is 2. The van der Waals surface area contributed by atoms with Gasteiger partial charge in [0.15, 0.2) is 9.84 Å². The second-order valence-corrected chi connectivity index (χ2v) is 9.84. The maximum atomic E-state index is 12.9. The number of nitrogens with one attached hydrogen (secondary N) is 1. The van der Waals surface area contributed by atoms with Crippen LogP contribution < -0.4 is 14.7 Å². The third-order valence-electron chi connectivity index (χ3n) is 4.17. The molecule has 0 aliphatic heterocycles. The summed E-state index contributed by atoms with van der Waals surface area (Å²) in [6.07, 6.45) is 1.31. The zero-order valence-electron chi connectivity index (χ0n) is 17.1. The zero-order chi connectivity index (χ0) is 23.2. The van der Waals surface area contributed by atoms with Crippen LogP contribution in [0.1, 0.15) is 12.5 Å². The summed E-state index contributed by atoms with van der Waals surface area (Å²) in [5, 5.41) is 12.1. The van der Waals surface area contributed by atoms with Gasteiger partial charge in [-0.15, -0.1) is 0 Å². The van der Waals surface area contributed by atoms with Gasteiger partial charge in [-0.1, -0.05) is 25.1 Å². The average Bonchev–Trinajstić information content (AvgIpc) is 2.70. The molecule has 2 aromatic rings. The van der Waals surface area contributed by atoms with Crippen LogP contribution in [0.4, 0.5) is 0 Å². The van der Waals surface area contributed by atoms with Crippen LogP contribution in [0.5, 0.6) is 11.5 Å². The maximum Gasteiger partial charge on any atom is 0.340 e. The summed E-state index contributed by atoms with van der Waals surface area (Å²) in [6.45, 7) is 5.37. The lowest BCUT2D eigenvalue weighted by Gasteiger charge is -2.18. The van der Waals surface area contributed by atoms with E-state index in [-0.39, 0.29) is 29.8 Å². The largest absolute Gasteiger partial charge is 0.491 e. The van der Waals surface area contributed by atoms with Gasteiger partial charge in [-0.05, 0) is 30.7 Å². The molecule has 168 valence electrons. The summed E-state index contributed by atoms with van der Waals surface area (Å²) in [4.78, 5) is -0.790. The fraction of sp³-hybridized carbons (Fsp3) is 0.263. The monoisotopic (exact) mass is 468 g/mol. The van der Waals surface area contributed by atoms with E-state index >= 15 is 0 Å². The molecule has 0 radical (unpaired) electrons. The van der Waals surface area contributed by atoms with Crippen LogP contribution in [-0.4, -0.2) is 53.9 Å². The second kappa shape index (κ2) is 9.79. The van der Waals surface area contributed by atoms with Crippen LogP contribution in [0.3, 0.4) is 0 Å². The van der Waals surface area contributed by atoms with Crippen LogP contribution in [0, 0.1) is 5.41 Å². The topological polar surface area (TPSA) is 152 Å². The minimum Gasteiger partial charge on any atom is -0.491 e. The molecule has 12 heteroatoms. The van der Waals surface area contributed by atoms with Crippen LogP contribution in [0.25, 0.3) is 0 Å². The third-order valence-corrected chi connectivity index (χ3v) is 6.75. The van der Waals surface area contributed by atoms with Crippen LogP contribution in [-0.2, 0) is 26.4 Å². The van der Waals surface area contributed by atoms with E-state index in [0.717, 1.165) is 11.3 Å². The number of rotatable bonds is 10. The van der Waals surface area contributed by atoms with Gasteiger partial charge in [0.05, 0.1) is 11.4 Å². The van der Waals surface area contributed by atoms with Crippen molar-refractivity contribution >= 4 is 32.6 Å². The minimum absolute atomic E-state index is 0.0218. The number of ether oxygens (including phenoxy) is 1. The molecule has 0 aliphatic carbocycles. The van der Waals surface area contributed by atoms with Crippen molar-refractivity contribution in [1.29, 1.82) is 5.41 Å². The number of hydrogen-bond acceptors (Lipinski definition) is 8. The van der Waals surface area contributed by atoms with Gasteiger partial charge in [0.1, 0.15) is 23.0 Å². The normalized spacial score (nSPS) is 11.5. The first-order valence-corrected chi connectivity index (χ1v) is 12.4. The molecule has 0 atom stereocenters. The quantitative estimate of drug-likeness (QED) is 0.231. The van der Waals surface area contributed by atoms with Gasteiger partial charge in [-0.3, -0.25) is 5.41 Å². The van der Waals surface area contributed by atoms with Crippen molar-refractivity contribution in [2.24, 2.45) is 10.8 Å². The highest BCUT2D eigenvalue weighted by atomic mass is 32.2. The summed E-state index contributed by atoms with van der Waals surface area (Å²) in [6, 6.07) is 9.89. The van der Waals surface area contributed by atoms with Gasteiger partial charge in [-0.2, -0.15) is 13.5 Å². The minimum atomic E-state index is -4.44. The summed E-state index contributed by atoms with van der Waals surface area (Å²) in [5.41, 5.74) is 5.84. The van der Waals surface area contributed by atoms with E-state index < -0.39 is 24.9 Å². The van der Waals surface area contributed by atoms with Crippen molar-refractivity contribution in [3.63, 3.8) is 0 Å². The highest BCUT2D eigenvalue weighted by Crippen LogP contribution is 2.32. The molecule has 10 nitrogen and oxygen atoms in total. The second-order valence-electron chi connectivity index (χ2n) is 6.34. The lowest BCUT2D eigenvalue weighted by Crippen LogP contribution is -2.34. The van der Waals surface area contributed by atoms with Crippen LogP contribution >= 0.6 is 0 Å². The molecule has 0 saturated carbocycles. The van der Waals surface area contributed by atoms with Crippen LogP contribution in [0.2, 0.25) is 0 Å². The molecule has 0 amide bonds. The Kier molecular flexibility index (Phi) is 7.63. The molecule has 0 spiro atoms. The SMILES string of the molecule is C=NN(CCOc1cccc(OS(=O)(=O)c2ccccc2S(C)(=O)=O)c1CC)C(=N)N. The maximum absolute atomic E-state index is 12.9. The Morgan fingerprint density at radius 2 is 1.71 bits per heavy atom.